The van der Waals surface area contributed by atoms with Gasteiger partial charge in [0.1, 0.15) is 31.3 Å². The Kier molecular flexibility index (Phi) is 7.20. The highest BCUT2D eigenvalue weighted by Crippen LogP contribution is 2.22. The monoisotopic (exact) mass is 393 g/mol. The minimum absolute atomic E-state index is 0.0844. The molecule has 1 heterocycles. The van der Waals surface area contributed by atoms with Gasteiger partial charge >= 0.3 is 0 Å². The highest BCUT2D eigenvalue weighted by Gasteiger charge is 2.14. The molecular weight excluding hydrogens is 370 g/mol. The zero-order valence-electron chi connectivity index (χ0n) is 15.0. The van der Waals surface area contributed by atoms with Crippen molar-refractivity contribution < 1.29 is 23.2 Å². The Labute approximate surface area is 161 Å². The molecule has 1 amide bonds. The quantitative estimate of drug-likeness (QED) is 0.705. The van der Waals surface area contributed by atoms with Crippen LogP contribution in [-0.4, -0.2) is 38.0 Å². The number of rotatable bonds is 7. The van der Waals surface area contributed by atoms with Gasteiger partial charge in [-0.05, 0) is 17.7 Å². The van der Waals surface area contributed by atoms with Crippen LogP contribution in [0.5, 0.6) is 0 Å². The second-order valence-electron chi connectivity index (χ2n) is 6.50. The number of amides is 1. The first-order chi connectivity index (χ1) is 13.1. The number of carbonyl (C=O) groups is 1. The molecule has 0 aliphatic carbocycles. The standard InChI is InChI=1S/C20H22F2N2O2S/c21-17-5-6-19(18(22)11-17)27-14-20(25)23-12-15-1-3-16(4-2-15)13-24-7-9-26-10-8-24/h1-6,11H,7-10,12-14H2,(H,23,25)/p+1. The van der Waals surface area contributed by atoms with Crippen LogP contribution in [0.4, 0.5) is 8.78 Å². The lowest BCUT2D eigenvalue weighted by Gasteiger charge is -2.23. The Morgan fingerprint density at radius 1 is 1.07 bits per heavy atom. The van der Waals surface area contributed by atoms with E-state index in [0.717, 1.165) is 56.2 Å². The lowest BCUT2D eigenvalue weighted by molar-refractivity contribution is -0.921. The van der Waals surface area contributed by atoms with Gasteiger partial charge in [0.15, 0.2) is 0 Å². The van der Waals surface area contributed by atoms with Gasteiger partial charge in [0, 0.05) is 23.1 Å². The normalized spacial score (nSPS) is 14.9. The van der Waals surface area contributed by atoms with E-state index in [1.165, 1.54) is 22.6 Å². The van der Waals surface area contributed by atoms with Crippen LogP contribution in [0.25, 0.3) is 0 Å². The molecule has 1 fully saturated rings. The summed E-state index contributed by atoms with van der Waals surface area (Å²) in [5.74, 6) is -1.38. The topological polar surface area (TPSA) is 42.8 Å². The molecular formula is C20H23F2N2O2S+. The van der Waals surface area contributed by atoms with Crippen molar-refractivity contribution in [3.8, 4) is 0 Å². The van der Waals surface area contributed by atoms with E-state index < -0.39 is 11.6 Å². The van der Waals surface area contributed by atoms with Gasteiger partial charge in [-0.15, -0.1) is 11.8 Å². The third-order valence-corrected chi connectivity index (χ3v) is 5.47. The molecule has 2 aromatic rings. The predicted octanol–water partition coefficient (Wildman–Crippen LogP) is 1.79. The van der Waals surface area contributed by atoms with Crippen molar-refractivity contribution in [3.05, 3.63) is 65.2 Å². The summed E-state index contributed by atoms with van der Waals surface area (Å²) in [7, 11) is 0. The van der Waals surface area contributed by atoms with Crippen molar-refractivity contribution in [1.29, 1.82) is 0 Å². The minimum atomic E-state index is -0.647. The van der Waals surface area contributed by atoms with Gasteiger partial charge in [0.25, 0.3) is 0 Å². The second-order valence-corrected chi connectivity index (χ2v) is 7.51. The molecule has 0 spiro atoms. The van der Waals surface area contributed by atoms with E-state index in [9.17, 15) is 13.6 Å². The smallest absolute Gasteiger partial charge is 0.230 e. The van der Waals surface area contributed by atoms with Gasteiger partial charge in [-0.2, -0.15) is 0 Å². The van der Waals surface area contributed by atoms with Crippen LogP contribution in [0.1, 0.15) is 11.1 Å². The average molecular weight is 393 g/mol. The van der Waals surface area contributed by atoms with Crippen molar-refractivity contribution in [2.24, 2.45) is 0 Å². The van der Waals surface area contributed by atoms with Gasteiger partial charge in [0.05, 0.1) is 19.0 Å². The van der Waals surface area contributed by atoms with Gasteiger partial charge in [0.2, 0.25) is 5.91 Å². The summed E-state index contributed by atoms with van der Waals surface area (Å²) in [5, 5.41) is 2.82. The van der Waals surface area contributed by atoms with Crippen molar-refractivity contribution in [2.45, 2.75) is 18.0 Å². The van der Waals surface area contributed by atoms with Gasteiger partial charge in [-0.3, -0.25) is 4.79 Å². The fraction of sp³-hybridized carbons (Fsp3) is 0.350. The van der Waals surface area contributed by atoms with E-state index in [2.05, 4.69) is 17.4 Å². The molecule has 1 aliphatic rings. The Morgan fingerprint density at radius 2 is 1.78 bits per heavy atom. The molecule has 0 radical (unpaired) electrons. The number of hydrogen-bond donors (Lipinski definition) is 2. The first-order valence-electron chi connectivity index (χ1n) is 8.94. The Balaban J connectivity index is 1.41. The van der Waals surface area contributed by atoms with Crippen LogP contribution in [0.15, 0.2) is 47.4 Å². The molecule has 1 saturated heterocycles. The number of morpholine rings is 1. The fourth-order valence-electron chi connectivity index (χ4n) is 2.89. The predicted molar refractivity (Wildman–Crippen MR) is 101 cm³/mol. The third-order valence-electron chi connectivity index (χ3n) is 4.42. The number of halogens is 2. The van der Waals surface area contributed by atoms with E-state index >= 15 is 0 Å². The maximum Gasteiger partial charge on any atom is 0.230 e. The SMILES string of the molecule is O=C(CSc1ccc(F)cc1F)NCc1ccc(C[NH+]2CCOCC2)cc1. The molecule has 144 valence electrons. The summed E-state index contributed by atoms with van der Waals surface area (Å²) in [6.45, 7) is 5.11. The van der Waals surface area contributed by atoms with Crippen molar-refractivity contribution in [1.82, 2.24) is 5.32 Å². The maximum absolute atomic E-state index is 13.6. The molecule has 0 aromatic heterocycles. The summed E-state index contributed by atoms with van der Waals surface area (Å²) in [5.41, 5.74) is 2.28. The van der Waals surface area contributed by atoms with E-state index in [4.69, 9.17) is 4.74 Å². The molecule has 3 rings (SSSR count). The highest BCUT2D eigenvalue weighted by molar-refractivity contribution is 8.00. The van der Waals surface area contributed by atoms with Gasteiger partial charge in [-0.25, -0.2) is 8.78 Å². The number of ether oxygens (including phenoxy) is 1. The number of thioether (sulfide) groups is 1. The molecule has 0 saturated carbocycles. The zero-order valence-corrected chi connectivity index (χ0v) is 15.8. The number of benzene rings is 2. The molecule has 1 aliphatic heterocycles. The average Bonchev–Trinajstić information content (AvgIpc) is 2.67. The van der Waals surface area contributed by atoms with E-state index in [0.29, 0.717) is 6.54 Å². The van der Waals surface area contributed by atoms with Gasteiger partial charge < -0.3 is 15.0 Å². The lowest BCUT2D eigenvalue weighted by Crippen LogP contribution is -3.12. The molecule has 7 heteroatoms. The Hall–Kier alpha value is -1.96. The molecule has 2 aromatic carbocycles. The summed E-state index contributed by atoms with van der Waals surface area (Å²) >= 11 is 1.05. The van der Waals surface area contributed by atoms with Crippen LogP contribution in [0.3, 0.4) is 0 Å². The maximum atomic E-state index is 13.6. The third kappa shape index (κ3) is 6.30. The number of carbonyl (C=O) groups excluding carboxylic acids is 1. The van der Waals surface area contributed by atoms with Crippen LogP contribution >= 0.6 is 11.8 Å². The van der Waals surface area contributed by atoms with Crippen LogP contribution < -0.4 is 10.2 Å². The summed E-state index contributed by atoms with van der Waals surface area (Å²) in [4.78, 5) is 13.7. The van der Waals surface area contributed by atoms with E-state index in [1.54, 1.807) is 0 Å². The summed E-state index contributed by atoms with van der Waals surface area (Å²) in [6.07, 6.45) is 0. The van der Waals surface area contributed by atoms with Gasteiger partial charge in [-0.1, -0.05) is 24.3 Å². The summed E-state index contributed by atoms with van der Waals surface area (Å²) < 4.78 is 31.8. The van der Waals surface area contributed by atoms with Crippen LogP contribution in [0, 0.1) is 11.6 Å². The van der Waals surface area contributed by atoms with Crippen LogP contribution in [0.2, 0.25) is 0 Å². The lowest BCUT2D eigenvalue weighted by atomic mass is 10.1. The molecule has 4 nitrogen and oxygen atoms in total. The Bertz CT molecular complexity index is 765. The largest absolute Gasteiger partial charge is 0.370 e. The van der Waals surface area contributed by atoms with Crippen molar-refractivity contribution in [3.63, 3.8) is 0 Å². The molecule has 27 heavy (non-hydrogen) atoms. The Morgan fingerprint density at radius 3 is 2.48 bits per heavy atom. The number of quaternary nitrogens is 1. The number of nitrogens with one attached hydrogen (secondary N) is 2. The fourth-order valence-corrected chi connectivity index (χ4v) is 3.64. The first kappa shape index (κ1) is 19.8. The first-order valence-corrected chi connectivity index (χ1v) is 9.92. The van der Waals surface area contributed by atoms with Crippen LogP contribution in [-0.2, 0) is 22.6 Å². The van der Waals surface area contributed by atoms with E-state index in [1.807, 2.05) is 12.1 Å². The highest BCUT2D eigenvalue weighted by atomic mass is 32.2. The zero-order chi connectivity index (χ0) is 19.1. The van der Waals surface area contributed by atoms with Crippen molar-refractivity contribution in [2.75, 3.05) is 32.1 Å². The van der Waals surface area contributed by atoms with E-state index in [-0.39, 0.29) is 16.6 Å². The number of hydrogen-bond acceptors (Lipinski definition) is 3. The summed E-state index contributed by atoms with van der Waals surface area (Å²) in [6, 6.07) is 11.6. The molecule has 0 unspecified atom stereocenters. The van der Waals surface area contributed by atoms with Crippen molar-refractivity contribution >= 4 is 17.7 Å². The second kappa shape index (κ2) is 9.82. The minimum Gasteiger partial charge on any atom is -0.370 e. The molecule has 0 bridgehead atoms. The molecule has 0 atom stereocenters. The molecule has 2 N–H and O–H groups in total.